The van der Waals surface area contributed by atoms with Gasteiger partial charge in [-0.2, -0.15) is 0 Å². The molecule has 1 amide bonds. The first-order chi connectivity index (χ1) is 10.9. The molecule has 2 aromatic rings. The van der Waals surface area contributed by atoms with Crippen LogP contribution in [-0.4, -0.2) is 22.5 Å². The van der Waals surface area contributed by atoms with Crippen LogP contribution in [0.25, 0.3) is 11.0 Å². The first-order valence-corrected chi connectivity index (χ1v) is 8.02. The van der Waals surface area contributed by atoms with Crippen LogP contribution in [0.5, 0.6) is 0 Å². The second-order valence-electron chi connectivity index (χ2n) is 6.18. The van der Waals surface area contributed by atoms with Gasteiger partial charge in [0.25, 0.3) is 5.91 Å². The van der Waals surface area contributed by atoms with Crippen LogP contribution < -0.4 is 5.32 Å². The number of aliphatic carboxylic acids is 1. The van der Waals surface area contributed by atoms with Gasteiger partial charge in [0.15, 0.2) is 11.3 Å². The molecule has 2 N–H and O–H groups in total. The van der Waals surface area contributed by atoms with Gasteiger partial charge in [-0.3, -0.25) is 9.59 Å². The van der Waals surface area contributed by atoms with Crippen molar-refractivity contribution in [2.24, 2.45) is 0 Å². The Labute approximate surface area is 138 Å². The lowest BCUT2D eigenvalue weighted by molar-refractivity contribution is -0.138. The van der Waals surface area contributed by atoms with Crippen molar-refractivity contribution in [3.05, 3.63) is 34.5 Å². The average Bonchev–Trinajstić information content (AvgIpc) is 3.05. The Kier molecular flexibility index (Phi) is 4.06. The summed E-state index contributed by atoms with van der Waals surface area (Å²) in [5.74, 6) is -1.08. The summed E-state index contributed by atoms with van der Waals surface area (Å²) < 4.78 is 5.66. The van der Waals surface area contributed by atoms with Crippen LogP contribution in [0.2, 0.25) is 5.02 Å². The van der Waals surface area contributed by atoms with Crippen molar-refractivity contribution in [2.45, 2.75) is 44.6 Å². The van der Waals surface area contributed by atoms with Crippen LogP contribution in [0, 0.1) is 6.92 Å². The lowest BCUT2D eigenvalue weighted by Crippen LogP contribution is -2.47. The zero-order chi connectivity index (χ0) is 16.6. The molecule has 0 atom stereocenters. The molecule has 0 spiro atoms. The van der Waals surface area contributed by atoms with Crippen LogP contribution in [0.15, 0.2) is 22.6 Å². The fraction of sp³-hybridized carbons (Fsp3) is 0.412. The Balaban J connectivity index is 1.92. The number of fused-ring (bicyclic) bond motifs is 1. The van der Waals surface area contributed by atoms with Gasteiger partial charge in [0.1, 0.15) is 0 Å². The Bertz CT molecular complexity index is 774. The molecule has 1 aromatic heterocycles. The van der Waals surface area contributed by atoms with E-state index in [1.165, 1.54) is 0 Å². The van der Waals surface area contributed by atoms with Crippen molar-refractivity contribution in [3.63, 3.8) is 0 Å². The molecule has 1 aliphatic rings. The van der Waals surface area contributed by atoms with E-state index in [0.29, 0.717) is 29.0 Å². The molecule has 1 aliphatic carbocycles. The van der Waals surface area contributed by atoms with Crippen LogP contribution in [0.3, 0.4) is 0 Å². The molecular weight excluding hydrogens is 318 g/mol. The van der Waals surface area contributed by atoms with Gasteiger partial charge in [-0.05, 0) is 25.8 Å². The minimum Gasteiger partial charge on any atom is -0.481 e. The molecule has 3 rings (SSSR count). The van der Waals surface area contributed by atoms with Crippen molar-refractivity contribution < 1.29 is 19.1 Å². The molecule has 1 aromatic carbocycles. The van der Waals surface area contributed by atoms with E-state index in [0.717, 1.165) is 18.2 Å². The number of benzene rings is 1. The van der Waals surface area contributed by atoms with Crippen molar-refractivity contribution in [1.29, 1.82) is 0 Å². The average molecular weight is 336 g/mol. The Morgan fingerprint density at radius 3 is 2.65 bits per heavy atom. The van der Waals surface area contributed by atoms with Crippen LogP contribution in [0.4, 0.5) is 0 Å². The molecule has 0 aliphatic heterocycles. The fourth-order valence-corrected chi connectivity index (χ4v) is 3.62. The summed E-state index contributed by atoms with van der Waals surface area (Å²) in [7, 11) is 0. The Morgan fingerprint density at radius 1 is 1.35 bits per heavy atom. The van der Waals surface area contributed by atoms with Gasteiger partial charge < -0.3 is 14.8 Å². The standard InChI is InChI=1S/C17H18ClNO4/c1-10-11-5-4-6-12(18)15(11)23-14(10)16(22)19-17(9-13(20)21)7-2-3-8-17/h4-6H,2-3,7-9H2,1H3,(H,19,22)(H,20,21). The predicted molar refractivity (Wildman–Crippen MR) is 86.9 cm³/mol. The molecule has 0 radical (unpaired) electrons. The maximum atomic E-state index is 12.6. The van der Waals surface area contributed by atoms with Crippen molar-refractivity contribution in [2.75, 3.05) is 0 Å². The molecule has 1 heterocycles. The smallest absolute Gasteiger partial charge is 0.305 e. The maximum Gasteiger partial charge on any atom is 0.305 e. The third-order valence-corrected chi connectivity index (χ3v) is 4.85. The highest BCUT2D eigenvalue weighted by molar-refractivity contribution is 6.35. The van der Waals surface area contributed by atoms with E-state index in [2.05, 4.69) is 5.32 Å². The third kappa shape index (κ3) is 2.93. The summed E-state index contributed by atoms with van der Waals surface area (Å²) in [6.07, 6.45) is 3.10. The number of carbonyl (C=O) groups is 2. The summed E-state index contributed by atoms with van der Waals surface area (Å²) in [6.45, 7) is 1.80. The molecular formula is C17H18ClNO4. The largest absolute Gasteiger partial charge is 0.481 e. The lowest BCUT2D eigenvalue weighted by atomic mass is 9.93. The van der Waals surface area contributed by atoms with Crippen LogP contribution in [-0.2, 0) is 4.79 Å². The summed E-state index contributed by atoms with van der Waals surface area (Å²) in [5, 5.41) is 13.3. The zero-order valence-electron chi connectivity index (χ0n) is 12.8. The van der Waals surface area contributed by atoms with E-state index in [-0.39, 0.29) is 18.1 Å². The number of hydrogen-bond donors (Lipinski definition) is 2. The van der Waals surface area contributed by atoms with Gasteiger partial charge in [-0.25, -0.2) is 0 Å². The number of furan rings is 1. The van der Waals surface area contributed by atoms with Crippen molar-refractivity contribution in [3.8, 4) is 0 Å². The second kappa shape index (κ2) is 5.89. The molecule has 23 heavy (non-hydrogen) atoms. The first-order valence-electron chi connectivity index (χ1n) is 7.64. The molecule has 5 nitrogen and oxygen atoms in total. The van der Waals surface area contributed by atoms with Crippen molar-refractivity contribution >= 4 is 34.4 Å². The maximum absolute atomic E-state index is 12.6. The predicted octanol–water partition coefficient (Wildman–Crippen LogP) is 3.91. The summed E-state index contributed by atoms with van der Waals surface area (Å²) in [4.78, 5) is 23.8. The van der Waals surface area contributed by atoms with Gasteiger partial charge in [0, 0.05) is 10.9 Å². The van der Waals surface area contributed by atoms with E-state index in [1.807, 2.05) is 6.07 Å². The molecule has 122 valence electrons. The quantitative estimate of drug-likeness (QED) is 0.887. The minimum absolute atomic E-state index is 0.0707. The monoisotopic (exact) mass is 335 g/mol. The SMILES string of the molecule is Cc1c(C(=O)NC2(CC(=O)O)CCCC2)oc2c(Cl)cccc12. The number of aryl methyl sites for hydroxylation is 1. The number of carboxylic acids is 1. The van der Waals surface area contributed by atoms with Crippen LogP contribution >= 0.6 is 11.6 Å². The number of carboxylic acid groups (broad SMARTS) is 1. The summed E-state index contributed by atoms with van der Waals surface area (Å²) >= 11 is 6.11. The Morgan fingerprint density at radius 2 is 2.04 bits per heavy atom. The number of para-hydroxylation sites is 1. The molecule has 0 unspecified atom stereocenters. The minimum atomic E-state index is -0.906. The number of amides is 1. The topological polar surface area (TPSA) is 79.5 Å². The van der Waals surface area contributed by atoms with Gasteiger partial charge in [0.2, 0.25) is 0 Å². The highest BCUT2D eigenvalue weighted by Crippen LogP contribution is 2.35. The summed E-state index contributed by atoms with van der Waals surface area (Å²) in [6, 6.07) is 5.36. The number of hydrogen-bond acceptors (Lipinski definition) is 3. The highest BCUT2D eigenvalue weighted by atomic mass is 35.5. The van der Waals surface area contributed by atoms with Crippen LogP contribution in [0.1, 0.15) is 48.2 Å². The molecule has 0 bridgehead atoms. The van der Waals surface area contributed by atoms with E-state index in [9.17, 15) is 9.59 Å². The van der Waals surface area contributed by atoms with Gasteiger partial charge >= 0.3 is 5.97 Å². The van der Waals surface area contributed by atoms with Crippen molar-refractivity contribution in [1.82, 2.24) is 5.32 Å². The molecule has 1 fully saturated rings. The lowest BCUT2D eigenvalue weighted by Gasteiger charge is -2.28. The second-order valence-corrected chi connectivity index (χ2v) is 6.59. The van der Waals surface area contributed by atoms with E-state index in [1.54, 1.807) is 19.1 Å². The van der Waals surface area contributed by atoms with E-state index in [4.69, 9.17) is 21.1 Å². The van der Waals surface area contributed by atoms with Gasteiger partial charge in [-0.15, -0.1) is 0 Å². The number of carbonyl (C=O) groups excluding carboxylic acids is 1. The molecule has 6 heteroatoms. The zero-order valence-corrected chi connectivity index (χ0v) is 13.6. The van der Waals surface area contributed by atoms with Gasteiger partial charge in [0.05, 0.1) is 17.0 Å². The van der Waals surface area contributed by atoms with E-state index < -0.39 is 11.5 Å². The molecule has 1 saturated carbocycles. The molecule has 0 saturated heterocycles. The number of nitrogens with one attached hydrogen (secondary N) is 1. The highest BCUT2D eigenvalue weighted by Gasteiger charge is 2.38. The fourth-order valence-electron chi connectivity index (χ4n) is 3.41. The van der Waals surface area contributed by atoms with Gasteiger partial charge in [-0.1, -0.05) is 36.6 Å². The van der Waals surface area contributed by atoms with E-state index >= 15 is 0 Å². The summed E-state index contributed by atoms with van der Waals surface area (Å²) in [5.41, 5.74) is 0.511. The Hall–Kier alpha value is -2.01. The first kappa shape index (κ1) is 15.9. The normalized spacial score (nSPS) is 16.6. The number of rotatable bonds is 4. The number of halogens is 1. The third-order valence-electron chi connectivity index (χ3n) is 4.55.